The number of ether oxygens (including phenoxy) is 1. The van der Waals surface area contributed by atoms with Crippen LogP contribution in [0.3, 0.4) is 0 Å². The van der Waals surface area contributed by atoms with Crippen molar-refractivity contribution in [3.8, 4) is 0 Å². The highest BCUT2D eigenvalue weighted by atomic mass is 35.5. The fourth-order valence-corrected chi connectivity index (χ4v) is 3.58. The van der Waals surface area contributed by atoms with Crippen molar-refractivity contribution in [1.82, 2.24) is 0 Å². The molecule has 3 rings (SSSR count). The third-order valence-corrected chi connectivity index (χ3v) is 4.84. The fraction of sp³-hybridized carbons (Fsp3) is 0.0667. The van der Waals surface area contributed by atoms with Crippen LogP contribution in [0.15, 0.2) is 51.8 Å². The van der Waals surface area contributed by atoms with Crippen LogP contribution in [-0.4, -0.2) is 27.3 Å². The van der Waals surface area contributed by atoms with Crippen LogP contribution in [0, 0.1) is 0 Å². The van der Waals surface area contributed by atoms with Crippen LogP contribution in [0.4, 0.5) is 5.69 Å². The molecule has 0 radical (unpaired) electrons. The molecule has 23 heavy (non-hydrogen) atoms. The predicted octanol–water partition coefficient (Wildman–Crippen LogP) is 2.69. The zero-order valence-electron chi connectivity index (χ0n) is 11.9. The number of rotatable bonds is 2. The smallest absolute Gasteiger partial charge is 0.340 e. The van der Waals surface area contributed by atoms with E-state index in [0.717, 1.165) is 0 Å². The zero-order valence-corrected chi connectivity index (χ0v) is 13.5. The number of benzene rings is 2. The van der Waals surface area contributed by atoms with Crippen molar-refractivity contribution < 1.29 is 17.9 Å². The molecule has 0 unspecified atom stereocenters. The third-order valence-electron chi connectivity index (χ3n) is 3.27. The van der Waals surface area contributed by atoms with Gasteiger partial charge in [0, 0.05) is 10.6 Å². The van der Waals surface area contributed by atoms with E-state index in [2.05, 4.69) is 9.71 Å². The maximum atomic E-state index is 12.0. The number of nitrogens with one attached hydrogen (secondary N) is 1. The molecule has 1 aliphatic heterocycles. The Balaban J connectivity index is 2.06. The molecule has 0 amide bonds. The number of carbonyl (C=O) groups excluding carboxylic acids is 1. The zero-order chi connectivity index (χ0) is 16.6. The first-order valence-electron chi connectivity index (χ1n) is 6.51. The summed E-state index contributed by atoms with van der Waals surface area (Å²) in [6, 6.07) is 11.0. The largest absolute Gasteiger partial charge is 0.465 e. The number of halogens is 1. The van der Waals surface area contributed by atoms with Gasteiger partial charge in [0.2, 0.25) is 0 Å². The van der Waals surface area contributed by atoms with Gasteiger partial charge in [-0.3, -0.25) is 0 Å². The minimum absolute atomic E-state index is 0.121. The minimum Gasteiger partial charge on any atom is -0.465 e. The molecule has 0 bridgehead atoms. The van der Waals surface area contributed by atoms with Crippen molar-refractivity contribution in [2.45, 2.75) is 4.90 Å². The Hall–Kier alpha value is -2.38. The lowest BCUT2D eigenvalue weighted by Gasteiger charge is -2.11. The van der Waals surface area contributed by atoms with Crippen molar-refractivity contribution >= 4 is 39.1 Å². The molecule has 0 fully saturated rings. The molecule has 1 aliphatic rings. The van der Waals surface area contributed by atoms with Crippen molar-refractivity contribution in [2.75, 3.05) is 12.4 Å². The Morgan fingerprint density at radius 1 is 1.22 bits per heavy atom. The number of carbonyl (C=O) groups is 1. The fourth-order valence-electron chi connectivity index (χ4n) is 2.23. The molecular weight excluding hydrogens is 340 g/mol. The molecule has 0 aliphatic carbocycles. The molecule has 0 atom stereocenters. The van der Waals surface area contributed by atoms with E-state index in [0.29, 0.717) is 16.3 Å². The van der Waals surface area contributed by atoms with Gasteiger partial charge < -0.3 is 10.1 Å². The van der Waals surface area contributed by atoms with Gasteiger partial charge in [0.05, 0.1) is 18.4 Å². The lowest BCUT2D eigenvalue weighted by atomic mass is 10.1. The SMILES string of the molecule is COC(=O)c1cc(Cl)ccc1NC1=NS(=O)(=O)c2ccccc21. The summed E-state index contributed by atoms with van der Waals surface area (Å²) in [5, 5.41) is 3.23. The van der Waals surface area contributed by atoms with Crippen molar-refractivity contribution in [3.05, 3.63) is 58.6 Å². The number of methoxy groups -OCH3 is 1. The predicted molar refractivity (Wildman–Crippen MR) is 86.6 cm³/mol. The van der Waals surface area contributed by atoms with E-state index in [4.69, 9.17) is 16.3 Å². The van der Waals surface area contributed by atoms with E-state index in [1.165, 1.54) is 19.2 Å². The highest BCUT2D eigenvalue weighted by Crippen LogP contribution is 2.28. The first-order valence-corrected chi connectivity index (χ1v) is 8.33. The lowest BCUT2D eigenvalue weighted by Crippen LogP contribution is -2.15. The Morgan fingerprint density at radius 3 is 2.70 bits per heavy atom. The molecule has 0 saturated heterocycles. The number of hydrogen-bond donors (Lipinski definition) is 1. The quantitative estimate of drug-likeness (QED) is 0.842. The van der Waals surface area contributed by atoms with Gasteiger partial charge in [-0.2, -0.15) is 8.42 Å². The number of sulfonamides is 1. The van der Waals surface area contributed by atoms with Crippen molar-refractivity contribution in [3.63, 3.8) is 0 Å². The summed E-state index contributed by atoms with van der Waals surface area (Å²) >= 11 is 5.90. The Bertz CT molecular complexity index is 938. The highest BCUT2D eigenvalue weighted by molar-refractivity contribution is 7.90. The molecule has 1 heterocycles. The van der Waals surface area contributed by atoms with Crippen molar-refractivity contribution in [1.29, 1.82) is 0 Å². The second kappa shape index (κ2) is 5.68. The van der Waals surface area contributed by atoms with Gasteiger partial charge in [0.15, 0.2) is 5.84 Å². The molecule has 0 spiro atoms. The number of hydrogen-bond acceptors (Lipinski definition) is 5. The van der Waals surface area contributed by atoms with E-state index in [9.17, 15) is 13.2 Å². The van der Waals surface area contributed by atoms with Gasteiger partial charge in [-0.15, -0.1) is 4.40 Å². The Kier molecular flexibility index (Phi) is 3.83. The van der Waals surface area contributed by atoms with Gasteiger partial charge in [-0.1, -0.05) is 23.7 Å². The molecule has 2 aromatic rings. The first-order chi connectivity index (χ1) is 10.9. The highest BCUT2D eigenvalue weighted by Gasteiger charge is 2.29. The average Bonchev–Trinajstić information content (AvgIpc) is 2.79. The average molecular weight is 351 g/mol. The standard InChI is InChI=1S/C15H11ClN2O4S/c1-22-15(19)11-8-9(16)6-7-12(11)17-14-10-4-2-3-5-13(10)23(20,21)18-14/h2-8H,1H3,(H,17,18). The molecule has 0 aromatic heterocycles. The van der Waals surface area contributed by atoms with Gasteiger partial charge in [-0.05, 0) is 30.3 Å². The second-order valence-electron chi connectivity index (χ2n) is 4.72. The molecular formula is C15H11ClN2O4S. The summed E-state index contributed by atoms with van der Waals surface area (Å²) in [5.41, 5.74) is 0.981. The maximum absolute atomic E-state index is 12.0. The Labute approximate surface area is 137 Å². The summed E-state index contributed by atoms with van der Waals surface area (Å²) in [7, 11) is -2.49. The van der Waals surface area contributed by atoms with Gasteiger partial charge in [0.1, 0.15) is 4.90 Å². The number of nitrogens with zero attached hydrogens (tertiary/aromatic N) is 1. The van der Waals surface area contributed by atoms with Crippen LogP contribution in [0.25, 0.3) is 0 Å². The summed E-state index contributed by atoms with van der Waals surface area (Å²) in [6.45, 7) is 0. The third kappa shape index (κ3) is 2.80. The van der Waals surface area contributed by atoms with E-state index in [1.807, 2.05) is 0 Å². The van der Waals surface area contributed by atoms with Crippen LogP contribution in [0.5, 0.6) is 0 Å². The molecule has 1 N–H and O–H groups in total. The maximum Gasteiger partial charge on any atom is 0.340 e. The van der Waals surface area contributed by atoms with E-state index < -0.39 is 16.0 Å². The Morgan fingerprint density at radius 2 is 1.96 bits per heavy atom. The lowest BCUT2D eigenvalue weighted by molar-refractivity contribution is 0.0602. The molecule has 118 valence electrons. The van der Waals surface area contributed by atoms with Gasteiger partial charge in [-0.25, -0.2) is 4.79 Å². The van der Waals surface area contributed by atoms with E-state index in [-0.39, 0.29) is 16.3 Å². The topological polar surface area (TPSA) is 84.8 Å². The normalized spacial score (nSPS) is 14.8. The van der Waals surface area contributed by atoms with Crippen LogP contribution >= 0.6 is 11.6 Å². The van der Waals surface area contributed by atoms with Crippen LogP contribution in [-0.2, 0) is 14.8 Å². The van der Waals surface area contributed by atoms with Gasteiger partial charge >= 0.3 is 5.97 Å². The first kappa shape index (κ1) is 15.5. The molecule has 6 nitrogen and oxygen atoms in total. The van der Waals surface area contributed by atoms with E-state index in [1.54, 1.807) is 30.3 Å². The number of esters is 1. The number of fused-ring (bicyclic) bond motifs is 1. The summed E-state index contributed by atoms with van der Waals surface area (Å²) < 4.78 is 32.5. The van der Waals surface area contributed by atoms with Crippen molar-refractivity contribution in [2.24, 2.45) is 4.40 Å². The second-order valence-corrected chi connectivity index (χ2v) is 6.73. The van der Waals surface area contributed by atoms with Gasteiger partial charge in [0.25, 0.3) is 10.0 Å². The minimum atomic E-state index is -3.74. The number of anilines is 1. The molecule has 2 aromatic carbocycles. The van der Waals surface area contributed by atoms with Crippen LogP contribution < -0.4 is 5.32 Å². The molecule has 0 saturated carbocycles. The van der Waals surface area contributed by atoms with Crippen LogP contribution in [0.2, 0.25) is 5.02 Å². The summed E-state index contributed by atoms with van der Waals surface area (Å²) in [4.78, 5) is 12.0. The van der Waals surface area contributed by atoms with Crippen LogP contribution in [0.1, 0.15) is 15.9 Å². The number of amidine groups is 1. The summed E-state index contributed by atoms with van der Waals surface area (Å²) in [6.07, 6.45) is 0. The summed E-state index contributed by atoms with van der Waals surface area (Å²) in [5.74, 6) is -0.446. The van der Waals surface area contributed by atoms with E-state index >= 15 is 0 Å². The monoisotopic (exact) mass is 350 g/mol. The molecule has 8 heteroatoms.